The number of carbonyl (C=O) groups is 1. The summed E-state index contributed by atoms with van der Waals surface area (Å²) >= 11 is 0. The van der Waals surface area contributed by atoms with Crippen LogP contribution in [0.25, 0.3) is 0 Å². The lowest BCUT2D eigenvalue weighted by Gasteiger charge is -2.29. The SMILES string of the molecule is CCC(CC)(CO)NC(=O)Oc1ccccc1. The third kappa shape index (κ3) is 3.75. The molecule has 4 nitrogen and oxygen atoms in total. The standard InChI is InChI=1S/C13H19NO3/c1-3-13(4-2,10-15)14-12(16)17-11-8-6-5-7-9-11/h5-9,15H,3-4,10H2,1-2H3,(H,14,16). The molecule has 0 saturated heterocycles. The van der Waals surface area contributed by atoms with Crippen LogP contribution in [0.15, 0.2) is 30.3 Å². The maximum atomic E-state index is 11.7. The molecular weight excluding hydrogens is 218 g/mol. The molecule has 0 saturated carbocycles. The molecule has 0 aliphatic carbocycles. The van der Waals surface area contributed by atoms with E-state index in [9.17, 15) is 9.90 Å². The summed E-state index contributed by atoms with van der Waals surface area (Å²) in [7, 11) is 0. The minimum Gasteiger partial charge on any atom is -0.410 e. The largest absolute Gasteiger partial charge is 0.413 e. The number of hydrogen-bond donors (Lipinski definition) is 2. The molecule has 0 fully saturated rings. The van der Waals surface area contributed by atoms with Gasteiger partial charge in [0.05, 0.1) is 12.1 Å². The zero-order valence-electron chi connectivity index (χ0n) is 10.3. The van der Waals surface area contributed by atoms with Crippen molar-refractivity contribution in [3.8, 4) is 5.75 Å². The van der Waals surface area contributed by atoms with Crippen molar-refractivity contribution in [1.82, 2.24) is 5.32 Å². The highest BCUT2D eigenvalue weighted by Crippen LogP contribution is 2.15. The number of rotatable bonds is 5. The van der Waals surface area contributed by atoms with E-state index in [0.717, 1.165) is 0 Å². The number of aliphatic hydroxyl groups excluding tert-OH is 1. The summed E-state index contributed by atoms with van der Waals surface area (Å²) in [6.45, 7) is 3.74. The minimum atomic E-state index is -0.591. The van der Waals surface area contributed by atoms with E-state index < -0.39 is 11.6 Å². The Balaban J connectivity index is 2.60. The van der Waals surface area contributed by atoms with Gasteiger partial charge < -0.3 is 15.2 Å². The number of carbonyl (C=O) groups excluding carboxylic acids is 1. The van der Waals surface area contributed by atoms with Crippen LogP contribution in [0.5, 0.6) is 5.75 Å². The highest BCUT2D eigenvalue weighted by atomic mass is 16.6. The number of ether oxygens (including phenoxy) is 1. The van der Waals surface area contributed by atoms with E-state index in [-0.39, 0.29) is 6.61 Å². The van der Waals surface area contributed by atoms with Crippen molar-refractivity contribution in [1.29, 1.82) is 0 Å². The van der Waals surface area contributed by atoms with Crippen molar-refractivity contribution in [3.05, 3.63) is 30.3 Å². The van der Waals surface area contributed by atoms with Crippen LogP contribution in [0.3, 0.4) is 0 Å². The Kier molecular flexibility index (Phi) is 4.97. The van der Waals surface area contributed by atoms with Gasteiger partial charge >= 0.3 is 6.09 Å². The molecule has 1 amide bonds. The summed E-state index contributed by atoms with van der Waals surface area (Å²) < 4.78 is 5.11. The fourth-order valence-corrected chi connectivity index (χ4v) is 1.53. The van der Waals surface area contributed by atoms with Crippen LogP contribution in [-0.2, 0) is 0 Å². The molecule has 0 aliphatic rings. The molecule has 4 heteroatoms. The highest BCUT2D eigenvalue weighted by Gasteiger charge is 2.27. The van der Waals surface area contributed by atoms with Crippen molar-refractivity contribution < 1.29 is 14.6 Å². The summed E-state index contributed by atoms with van der Waals surface area (Å²) in [4.78, 5) is 11.7. The van der Waals surface area contributed by atoms with Gasteiger partial charge in [-0.15, -0.1) is 0 Å². The van der Waals surface area contributed by atoms with Gasteiger partial charge in [-0.1, -0.05) is 32.0 Å². The van der Waals surface area contributed by atoms with Gasteiger partial charge in [0.2, 0.25) is 0 Å². The van der Waals surface area contributed by atoms with Crippen LogP contribution in [0, 0.1) is 0 Å². The first kappa shape index (κ1) is 13.5. The van der Waals surface area contributed by atoms with E-state index in [1.54, 1.807) is 24.3 Å². The Bertz CT molecular complexity index is 339. The second kappa shape index (κ2) is 6.25. The van der Waals surface area contributed by atoms with Gasteiger partial charge in [0.15, 0.2) is 0 Å². The quantitative estimate of drug-likeness (QED) is 0.826. The van der Waals surface area contributed by atoms with Gasteiger partial charge in [-0.2, -0.15) is 0 Å². The number of aliphatic hydroxyl groups is 1. The van der Waals surface area contributed by atoms with Crippen LogP contribution < -0.4 is 10.1 Å². The number of para-hydroxylation sites is 1. The summed E-state index contributed by atoms with van der Waals surface area (Å²) in [5, 5.41) is 12.0. The first-order chi connectivity index (χ1) is 8.15. The van der Waals surface area contributed by atoms with E-state index in [1.807, 2.05) is 19.9 Å². The molecule has 2 N–H and O–H groups in total. The normalized spacial score (nSPS) is 11.0. The first-order valence-electron chi connectivity index (χ1n) is 5.81. The van der Waals surface area contributed by atoms with Gasteiger partial charge in [0, 0.05) is 0 Å². The molecule has 94 valence electrons. The Morgan fingerprint density at radius 3 is 2.35 bits per heavy atom. The second-order valence-corrected chi connectivity index (χ2v) is 3.97. The predicted octanol–water partition coefficient (Wildman–Crippen LogP) is 2.33. The van der Waals surface area contributed by atoms with Crippen molar-refractivity contribution in [2.24, 2.45) is 0 Å². The van der Waals surface area contributed by atoms with Crippen molar-refractivity contribution in [2.45, 2.75) is 32.2 Å². The number of nitrogens with one attached hydrogen (secondary N) is 1. The molecule has 0 atom stereocenters. The minimum absolute atomic E-state index is 0.0934. The molecule has 1 aromatic carbocycles. The molecule has 0 unspecified atom stereocenters. The number of amides is 1. The Labute approximate surface area is 102 Å². The molecule has 0 radical (unpaired) electrons. The Morgan fingerprint density at radius 2 is 1.88 bits per heavy atom. The number of benzene rings is 1. The third-order valence-corrected chi connectivity index (χ3v) is 2.98. The van der Waals surface area contributed by atoms with Gasteiger partial charge in [-0.05, 0) is 25.0 Å². The molecule has 0 aliphatic heterocycles. The third-order valence-electron chi connectivity index (χ3n) is 2.98. The van der Waals surface area contributed by atoms with Gasteiger partial charge in [0.1, 0.15) is 5.75 Å². The topological polar surface area (TPSA) is 58.6 Å². The Hall–Kier alpha value is -1.55. The molecule has 0 aromatic heterocycles. The van der Waals surface area contributed by atoms with E-state index in [2.05, 4.69) is 5.32 Å². The first-order valence-corrected chi connectivity index (χ1v) is 5.81. The van der Waals surface area contributed by atoms with Crippen LogP contribution >= 0.6 is 0 Å². The van der Waals surface area contributed by atoms with Gasteiger partial charge in [0.25, 0.3) is 0 Å². The molecule has 1 rings (SSSR count). The van der Waals surface area contributed by atoms with E-state index >= 15 is 0 Å². The smallest absolute Gasteiger partial charge is 0.410 e. The van der Waals surface area contributed by atoms with Crippen molar-refractivity contribution in [3.63, 3.8) is 0 Å². The van der Waals surface area contributed by atoms with Gasteiger partial charge in [-0.3, -0.25) is 0 Å². The van der Waals surface area contributed by atoms with Gasteiger partial charge in [-0.25, -0.2) is 4.79 Å². The van der Waals surface area contributed by atoms with Crippen LogP contribution in [0.4, 0.5) is 4.79 Å². The van der Waals surface area contributed by atoms with Crippen LogP contribution in [-0.4, -0.2) is 23.3 Å². The Morgan fingerprint density at radius 1 is 1.29 bits per heavy atom. The van der Waals surface area contributed by atoms with Crippen molar-refractivity contribution in [2.75, 3.05) is 6.61 Å². The van der Waals surface area contributed by atoms with E-state index in [4.69, 9.17) is 4.74 Å². The van der Waals surface area contributed by atoms with E-state index in [1.165, 1.54) is 0 Å². The summed E-state index contributed by atoms with van der Waals surface area (Å²) in [6.07, 6.45) is 0.780. The zero-order valence-corrected chi connectivity index (χ0v) is 10.3. The average Bonchev–Trinajstić information content (AvgIpc) is 2.37. The fraction of sp³-hybridized carbons (Fsp3) is 0.462. The molecule has 0 bridgehead atoms. The average molecular weight is 237 g/mol. The molecule has 1 aromatic rings. The fourth-order valence-electron chi connectivity index (χ4n) is 1.53. The molecule has 0 heterocycles. The predicted molar refractivity (Wildman–Crippen MR) is 66.0 cm³/mol. The second-order valence-electron chi connectivity index (χ2n) is 3.97. The van der Waals surface area contributed by atoms with Crippen molar-refractivity contribution >= 4 is 6.09 Å². The molecular formula is C13H19NO3. The van der Waals surface area contributed by atoms with E-state index in [0.29, 0.717) is 18.6 Å². The monoisotopic (exact) mass is 237 g/mol. The summed E-state index contributed by atoms with van der Waals surface area (Å²) in [5.41, 5.74) is -0.591. The zero-order chi connectivity index (χ0) is 12.7. The molecule has 0 spiro atoms. The number of hydrogen-bond acceptors (Lipinski definition) is 3. The van der Waals surface area contributed by atoms with Crippen LogP contribution in [0.2, 0.25) is 0 Å². The lowest BCUT2D eigenvalue weighted by Crippen LogP contribution is -2.51. The maximum Gasteiger partial charge on any atom is 0.413 e. The lowest BCUT2D eigenvalue weighted by atomic mass is 9.94. The molecule has 17 heavy (non-hydrogen) atoms. The maximum absolute atomic E-state index is 11.7. The lowest BCUT2D eigenvalue weighted by molar-refractivity contribution is 0.135. The summed E-state index contributed by atoms with van der Waals surface area (Å²) in [6, 6.07) is 8.85. The highest BCUT2D eigenvalue weighted by molar-refractivity contribution is 5.71. The summed E-state index contributed by atoms with van der Waals surface area (Å²) in [5.74, 6) is 0.490. The van der Waals surface area contributed by atoms with Crippen LogP contribution in [0.1, 0.15) is 26.7 Å².